The van der Waals surface area contributed by atoms with Crippen LogP contribution in [0.3, 0.4) is 0 Å². The Morgan fingerprint density at radius 3 is 2.65 bits per heavy atom. The molecule has 4 nitrogen and oxygen atoms in total. The SMILES string of the molecule is CC(C)CCC(=O)OCC1NC(=O)CC1(C)C. The van der Waals surface area contributed by atoms with Crippen LogP contribution in [0.4, 0.5) is 0 Å². The second-order valence-corrected chi connectivity index (χ2v) is 5.90. The van der Waals surface area contributed by atoms with Crippen LogP contribution in [0.5, 0.6) is 0 Å². The van der Waals surface area contributed by atoms with Crippen molar-refractivity contribution in [3.63, 3.8) is 0 Å². The molecule has 1 saturated heterocycles. The molecule has 1 aliphatic rings. The van der Waals surface area contributed by atoms with Gasteiger partial charge in [-0.25, -0.2) is 0 Å². The second-order valence-electron chi connectivity index (χ2n) is 5.90. The van der Waals surface area contributed by atoms with Gasteiger partial charge in [0.05, 0.1) is 6.04 Å². The Morgan fingerprint density at radius 1 is 1.53 bits per heavy atom. The largest absolute Gasteiger partial charge is 0.463 e. The first-order chi connectivity index (χ1) is 7.81. The van der Waals surface area contributed by atoms with Crippen molar-refractivity contribution in [3.05, 3.63) is 0 Å². The lowest BCUT2D eigenvalue weighted by atomic mass is 9.85. The summed E-state index contributed by atoms with van der Waals surface area (Å²) in [5, 5.41) is 2.85. The lowest BCUT2D eigenvalue weighted by Crippen LogP contribution is -2.38. The van der Waals surface area contributed by atoms with Crippen LogP contribution in [-0.4, -0.2) is 24.5 Å². The molecule has 0 aromatic heterocycles. The number of carbonyl (C=O) groups is 2. The molecule has 4 heteroatoms. The molecule has 17 heavy (non-hydrogen) atoms. The standard InChI is InChI=1S/C13H23NO3/c1-9(2)5-6-12(16)17-8-10-13(3,4)7-11(15)14-10/h9-10H,5-8H2,1-4H3,(H,14,15). The minimum Gasteiger partial charge on any atom is -0.463 e. The predicted molar refractivity (Wildman–Crippen MR) is 65.4 cm³/mol. The molecular formula is C13H23NO3. The average Bonchev–Trinajstić information content (AvgIpc) is 2.45. The predicted octanol–water partition coefficient (Wildman–Crippen LogP) is 1.88. The summed E-state index contributed by atoms with van der Waals surface area (Å²) in [5.74, 6) is 0.374. The third-order valence-electron chi connectivity index (χ3n) is 3.23. The topological polar surface area (TPSA) is 55.4 Å². The third-order valence-corrected chi connectivity index (χ3v) is 3.23. The van der Waals surface area contributed by atoms with Crippen molar-refractivity contribution in [2.24, 2.45) is 11.3 Å². The maximum Gasteiger partial charge on any atom is 0.305 e. The van der Waals surface area contributed by atoms with E-state index in [0.717, 1.165) is 6.42 Å². The summed E-state index contributed by atoms with van der Waals surface area (Å²) < 4.78 is 5.21. The number of esters is 1. The Bertz CT molecular complexity index is 297. The van der Waals surface area contributed by atoms with Gasteiger partial charge in [0.15, 0.2) is 0 Å². The molecule has 0 bridgehead atoms. The van der Waals surface area contributed by atoms with Crippen molar-refractivity contribution < 1.29 is 14.3 Å². The van der Waals surface area contributed by atoms with Crippen molar-refractivity contribution in [2.75, 3.05) is 6.61 Å². The molecule has 1 aliphatic heterocycles. The Labute approximate surface area is 103 Å². The van der Waals surface area contributed by atoms with E-state index < -0.39 is 0 Å². The fourth-order valence-electron chi connectivity index (χ4n) is 1.90. The summed E-state index contributed by atoms with van der Waals surface area (Å²) in [6.45, 7) is 8.46. The number of amides is 1. The highest BCUT2D eigenvalue weighted by atomic mass is 16.5. The summed E-state index contributed by atoms with van der Waals surface area (Å²) in [7, 11) is 0. The molecule has 0 radical (unpaired) electrons. The van der Waals surface area contributed by atoms with Crippen molar-refractivity contribution in [3.8, 4) is 0 Å². The van der Waals surface area contributed by atoms with Crippen LogP contribution in [-0.2, 0) is 14.3 Å². The molecule has 0 aromatic rings. The molecule has 1 unspecified atom stereocenters. The van der Waals surface area contributed by atoms with Crippen LogP contribution in [0, 0.1) is 11.3 Å². The monoisotopic (exact) mass is 241 g/mol. The highest BCUT2D eigenvalue weighted by Crippen LogP contribution is 2.30. The highest BCUT2D eigenvalue weighted by Gasteiger charge is 2.39. The van der Waals surface area contributed by atoms with Gasteiger partial charge in [0.25, 0.3) is 0 Å². The molecule has 98 valence electrons. The van der Waals surface area contributed by atoms with Gasteiger partial charge >= 0.3 is 5.97 Å². The van der Waals surface area contributed by atoms with E-state index in [1.807, 2.05) is 13.8 Å². The summed E-state index contributed by atoms with van der Waals surface area (Å²) in [6.07, 6.45) is 1.80. The van der Waals surface area contributed by atoms with Crippen LogP contribution >= 0.6 is 0 Å². The van der Waals surface area contributed by atoms with Crippen molar-refractivity contribution in [1.82, 2.24) is 5.32 Å². The van der Waals surface area contributed by atoms with E-state index in [4.69, 9.17) is 4.74 Å². The number of hydrogen-bond donors (Lipinski definition) is 1. The molecule has 0 aliphatic carbocycles. The summed E-state index contributed by atoms with van der Waals surface area (Å²) in [5.41, 5.74) is -0.130. The maximum atomic E-state index is 11.5. The highest BCUT2D eigenvalue weighted by molar-refractivity contribution is 5.80. The molecule has 0 spiro atoms. The van der Waals surface area contributed by atoms with Crippen LogP contribution in [0.15, 0.2) is 0 Å². The summed E-state index contributed by atoms with van der Waals surface area (Å²) in [4.78, 5) is 22.7. The van der Waals surface area contributed by atoms with Gasteiger partial charge in [-0.2, -0.15) is 0 Å². The number of ether oxygens (including phenoxy) is 1. The Morgan fingerprint density at radius 2 is 2.18 bits per heavy atom. The van der Waals surface area contributed by atoms with E-state index in [-0.39, 0.29) is 29.9 Å². The Balaban J connectivity index is 2.31. The van der Waals surface area contributed by atoms with Gasteiger partial charge in [-0.05, 0) is 17.8 Å². The van der Waals surface area contributed by atoms with Crippen LogP contribution in [0.1, 0.15) is 47.0 Å². The average molecular weight is 241 g/mol. The fraction of sp³-hybridized carbons (Fsp3) is 0.846. The normalized spacial score (nSPS) is 22.6. The minimum atomic E-state index is -0.171. The van der Waals surface area contributed by atoms with Crippen LogP contribution in [0.25, 0.3) is 0 Å². The van der Waals surface area contributed by atoms with Crippen molar-refractivity contribution >= 4 is 11.9 Å². The first kappa shape index (κ1) is 14.0. The second kappa shape index (κ2) is 5.52. The first-order valence-electron chi connectivity index (χ1n) is 6.26. The number of nitrogens with one attached hydrogen (secondary N) is 1. The molecule has 1 N–H and O–H groups in total. The van der Waals surface area contributed by atoms with Gasteiger partial charge in [0.1, 0.15) is 6.61 Å². The van der Waals surface area contributed by atoms with E-state index in [1.165, 1.54) is 0 Å². The summed E-state index contributed by atoms with van der Waals surface area (Å²) in [6, 6.07) is -0.0574. The zero-order chi connectivity index (χ0) is 13.1. The van der Waals surface area contributed by atoms with Gasteiger partial charge in [-0.15, -0.1) is 0 Å². The van der Waals surface area contributed by atoms with Crippen LogP contribution in [0.2, 0.25) is 0 Å². The molecule has 1 fully saturated rings. The Kier molecular flexibility index (Phi) is 4.54. The van der Waals surface area contributed by atoms with E-state index in [1.54, 1.807) is 0 Å². The number of hydrogen-bond acceptors (Lipinski definition) is 3. The van der Waals surface area contributed by atoms with Crippen molar-refractivity contribution in [2.45, 2.75) is 53.0 Å². The molecule has 1 heterocycles. The molecule has 0 aromatic carbocycles. The van der Waals surface area contributed by atoms with E-state index in [0.29, 0.717) is 18.8 Å². The minimum absolute atomic E-state index is 0.0400. The van der Waals surface area contributed by atoms with E-state index in [9.17, 15) is 9.59 Å². The fourth-order valence-corrected chi connectivity index (χ4v) is 1.90. The van der Waals surface area contributed by atoms with E-state index >= 15 is 0 Å². The number of rotatable bonds is 5. The van der Waals surface area contributed by atoms with Gasteiger partial charge in [-0.3, -0.25) is 9.59 Å². The van der Waals surface area contributed by atoms with Crippen LogP contribution < -0.4 is 5.32 Å². The number of carbonyl (C=O) groups excluding carboxylic acids is 2. The molecule has 0 saturated carbocycles. The molecule has 1 amide bonds. The zero-order valence-electron chi connectivity index (χ0n) is 11.2. The third kappa shape index (κ3) is 4.36. The van der Waals surface area contributed by atoms with Gasteiger partial charge in [-0.1, -0.05) is 27.7 Å². The lowest BCUT2D eigenvalue weighted by molar-refractivity contribution is -0.145. The maximum absolute atomic E-state index is 11.5. The smallest absolute Gasteiger partial charge is 0.305 e. The zero-order valence-corrected chi connectivity index (χ0v) is 11.2. The van der Waals surface area contributed by atoms with E-state index in [2.05, 4.69) is 19.2 Å². The van der Waals surface area contributed by atoms with Crippen molar-refractivity contribution in [1.29, 1.82) is 0 Å². The molecular weight excluding hydrogens is 218 g/mol. The summed E-state index contributed by atoms with van der Waals surface area (Å²) >= 11 is 0. The van der Waals surface area contributed by atoms with Gasteiger partial charge in [0, 0.05) is 12.8 Å². The van der Waals surface area contributed by atoms with Gasteiger partial charge in [0.2, 0.25) is 5.91 Å². The quantitative estimate of drug-likeness (QED) is 0.748. The molecule has 1 rings (SSSR count). The lowest BCUT2D eigenvalue weighted by Gasteiger charge is -2.24. The first-order valence-corrected chi connectivity index (χ1v) is 6.26. The molecule has 1 atom stereocenters. The van der Waals surface area contributed by atoms with Gasteiger partial charge < -0.3 is 10.1 Å². The Hall–Kier alpha value is -1.06.